The van der Waals surface area contributed by atoms with E-state index in [0.29, 0.717) is 18.0 Å². The maximum atomic E-state index is 10.6. The molecule has 0 radical (unpaired) electrons. The first kappa shape index (κ1) is 13.8. The molecule has 0 unspecified atom stereocenters. The minimum atomic E-state index is -0.814. The van der Waals surface area contributed by atoms with Gasteiger partial charge in [-0.2, -0.15) is 0 Å². The van der Waals surface area contributed by atoms with Gasteiger partial charge >= 0.3 is 5.97 Å². The third kappa shape index (κ3) is 3.93. The van der Waals surface area contributed by atoms with Gasteiger partial charge in [0.1, 0.15) is 0 Å². The summed E-state index contributed by atoms with van der Waals surface area (Å²) in [5.74, 6) is -0.814. The van der Waals surface area contributed by atoms with Crippen LogP contribution in [-0.2, 0) is 11.2 Å². The first-order valence-corrected chi connectivity index (χ1v) is 6.94. The Morgan fingerprint density at radius 3 is 2.37 bits per heavy atom. The van der Waals surface area contributed by atoms with Crippen LogP contribution in [0.25, 0.3) is 6.08 Å². The number of hydrogen-bond acceptors (Lipinski definition) is 2. The van der Waals surface area contributed by atoms with Crippen molar-refractivity contribution in [2.75, 3.05) is 0 Å². The molecule has 102 valence electrons. The van der Waals surface area contributed by atoms with Crippen molar-refractivity contribution >= 4 is 12.0 Å². The molecule has 2 aliphatic rings. The molecular weight excluding hydrogens is 238 g/mol. The molecule has 0 saturated heterocycles. The van der Waals surface area contributed by atoms with E-state index in [1.165, 1.54) is 32.1 Å². The predicted octanol–water partition coefficient (Wildman–Crippen LogP) is 2.99. The number of nitrogens with two attached hydrogens (primary N) is 1. The lowest BCUT2D eigenvalue weighted by molar-refractivity contribution is -0.132. The molecule has 0 aliphatic heterocycles. The Hall–Kier alpha value is -1.61. The SMILES string of the molecule is NC1CCCCC1.O=C(O)C1=Cc2ccccc2C1. The number of rotatable bonds is 1. The molecule has 1 aromatic rings. The first-order valence-electron chi connectivity index (χ1n) is 6.94. The van der Waals surface area contributed by atoms with Crippen LogP contribution in [-0.4, -0.2) is 17.1 Å². The van der Waals surface area contributed by atoms with Crippen LogP contribution >= 0.6 is 0 Å². The summed E-state index contributed by atoms with van der Waals surface area (Å²) >= 11 is 0. The number of carbonyl (C=O) groups is 1. The molecule has 0 aromatic heterocycles. The molecule has 3 N–H and O–H groups in total. The van der Waals surface area contributed by atoms with Crippen molar-refractivity contribution in [3.63, 3.8) is 0 Å². The molecule has 0 spiro atoms. The lowest BCUT2D eigenvalue weighted by Crippen LogP contribution is -2.22. The molecule has 0 atom stereocenters. The molecule has 3 nitrogen and oxygen atoms in total. The number of fused-ring (bicyclic) bond motifs is 1. The second kappa shape index (κ2) is 6.53. The topological polar surface area (TPSA) is 63.3 Å². The standard InChI is InChI=1S/C10H8O2.C6H13N/c11-10(12)9-5-7-3-1-2-4-8(7)6-9;7-6-4-2-1-3-5-6/h1-5H,6H2,(H,11,12);6H,1-5,7H2. The maximum Gasteiger partial charge on any atom is 0.331 e. The normalized spacial score (nSPS) is 18.1. The third-order valence-electron chi connectivity index (χ3n) is 3.69. The van der Waals surface area contributed by atoms with Crippen molar-refractivity contribution in [1.82, 2.24) is 0 Å². The van der Waals surface area contributed by atoms with Crippen LogP contribution in [0, 0.1) is 0 Å². The minimum absolute atomic E-state index is 0.483. The molecule has 19 heavy (non-hydrogen) atoms. The second-order valence-electron chi connectivity index (χ2n) is 5.25. The van der Waals surface area contributed by atoms with Gasteiger partial charge in [-0.3, -0.25) is 0 Å². The Kier molecular flexibility index (Phi) is 4.74. The van der Waals surface area contributed by atoms with Gasteiger partial charge in [0.25, 0.3) is 0 Å². The van der Waals surface area contributed by atoms with E-state index in [-0.39, 0.29) is 0 Å². The summed E-state index contributed by atoms with van der Waals surface area (Å²) in [5, 5.41) is 8.72. The van der Waals surface area contributed by atoms with Crippen molar-refractivity contribution in [2.45, 2.75) is 44.6 Å². The van der Waals surface area contributed by atoms with Gasteiger partial charge in [0.15, 0.2) is 0 Å². The number of carboxylic acid groups (broad SMARTS) is 1. The fourth-order valence-electron chi connectivity index (χ4n) is 2.55. The molecule has 0 bridgehead atoms. The van der Waals surface area contributed by atoms with Crippen molar-refractivity contribution < 1.29 is 9.90 Å². The van der Waals surface area contributed by atoms with Crippen LogP contribution in [0.2, 0.25) is 0 Å². The first-order chi connectivity index (χ1) is 9.16. The Bertz CT molecular complexity index is 473. The van der Waals surface area contributed by atoms with E-state index in [4.69, 9.17) is 10.8 Å². The highest BCUT2D eigenvalue weighted by Gasteiger charge is 2.16. The molecule has 0 heterocycles. The van der Waals surface area contributed by atoms with Crippen LogP contribution in [0.1, 0.15) is 43.2 Å². The zero-order chi connectivity index (χ0) is 13.7. The van der Waals surface area contributed by atoms with Gasteiger partial charge in [0, 0.05) is 18.0 Å². The number of hydrogen-bond donors (Lipinski definition) is 2. The van der Waals surface area contributed by atoms with E-state index in [0.717, 1.165) is 11.1 Å². The monoisotopic (exact) mass is 259 g/mol. The van der Waals surface area contributed by atoms with Gasteiger partial charge in [-0.05, 0) is 30.0 Å². The average molecular weight is 259 g/mol. The summed E-state index contributed by atoms with van der Waals surface area (Å²) < 4.78 is 0. The zero-order valence-corrected chi connectivity index (χ0v) is 11.1. The van der Waals surface area contributed by atoms with Crippen LogP contribution in [0.15, 0.2) is 29.8 Å². The van der Waals surface area contributed by atoms with Gasteiger partial charge in [0.2, 0.25) is 0 Å². The quantitative estimate of drug-likeness (QED) is 0.815. The van der Waals surface area contributed by atoms with E-state index in [1.807, 2.05) is 24.3 Å². The summed E-state index contributed by atoms with van der Waals surface area (Å²) in [5.41, 5.74) is 8.26. The Morgan fingerprint density at radius 1 is 1.16 bits per heavy atom. The van der Waals surface area contributed by atoms with Crippen LogP contribution in [0.5, 0.6) is 0 Å². The van der Waals surface area contributed by atoms with E-state index >= 15 is 0 Å². The number of benzene rings is 1. The van der Waals surface area contributed by atoms with Crippen LogP contribution in [0.3, 0.4) is 0 Å². The molecule has 1 fully saturated rings. The molecule has 2 aliphatic carbocycles. The Morgan fingerprint density at radius 2 is 1.84 bits per heavy atom. The predicted molar refractivity (Wildman–Crippen MR) is 76.8 cm³/mol. The highest BCUT2D eigenvalue weighted by atomic mass is 16.4. The van der Waals surface area contributed by atoms with Crippen molar-refractivity contribution in [3.8, 4) is 0 Å². The Balaban J connectivity index is 0.000000163. The van der Waals surface area contributed by atoms with Crippen molar-refractivity contribution in [1.29, 1.82) is 0 Å². The third-order valence-corrected chi connectivity index (χ3v) is 3.69. The maximum absolute atomic E-state index is 10.6. The molecule has 3 heteroatoms. The molecule has 3 rings (SSSR count). The average Bonchev–Trinajstić information content (AvgIpc) is 2.84. The van der Waals surface area contributed by atoms with Crippen LogP contribution < -0.4 is 5.73 Å². The number of aliphatic carboxylic acids is 1. The minimum Gasteiger partial charge on any atom is -0.478 e. The van der Waals surface area contributed by atoms with Gasteiger partial charge in [-0.15, -0.1) is 0 Å². The number of carboxylic acids is 1. The van der Waals surface area contributed by atoms with Gasteiger partial charge in [-0.1, -0.05) is 43.5 Å². The highest BCUT2D eigenvalue weighted by molar-refractivity contribution is 5.95. The fourth-order valence-corrected chi connectivity index (χ4v) is 2.55. The molecular formula is C16H21NO2. The van der Waals surface area contributed by atoms with Gasteiger partial charge in [0.05, 0.1) is 0 Å². The smallest absolute Gasteiger partial charge is 0.331 e. The second-order valence-corrected chi connectivity index (χ2v) is 5.25. The van der Waals surface area contributed by atoms with E-state index in [1.54, 1.807) is 6.08 Å². The Labute approximate surface area is 114 Å². The molecule has 0 amide bonds. The van der Waals surface area contributed by atoms with E-state index < -0.39 is 5.97 Å². The summed E-state index contributed by atoms with van der Waals surface area (Å²) in [6.45, 7) is 0. The highest BCUT2D eigenvalue weighted by Crippen LogP contribution is 2.24. The van der Waals surface area contributed by atoms with Gasteiger partial charge in [-0.25, -0.2) is 4.79 Å². The van der Waals surface area contributed by atoms with Crippen molar-refractivity contribution in [2.24, 2.45) is 5.73 Å². The molecule has 1 saturated carbocycles. The van der Waals surface area contributed by atoms with E-state index in [2.05, 4.69) is 0 Å². The lowest BCUT2D eigenvalue weighted by Gasteiger charge is -2.15. The zero-order valence-electron chi connectivity index (χ0n) is 11.1. The summed E-state index contributed by atoms with van der Waals surface area (Å²) in [7, 11) is 0. The van der Waals surface area contributed by atoms with Crippen LogP contribution in [0.4, 0.5) is 0 Å². The summed E-state index contributed by atoms with van der Waals surface area (Å²) in [6.07, 6.45) is 8.96. The van der Waals surface area contributed by atoms with E-state index in [9.17, 15) is 4.79 Å². The van der Waals surface area contributed by atoms with Crippen molar-refractivity contribution in [3.05, 3.63) is 41.0 Å². The molecule has 1 aromatic carbocycles. The summed E-state index contributed by atoms with van der Waals surface area (Å²) in [6, 6.07) is 8.28. The summed E-state index contributed by atoms with van der Waals surface area (Å²) in [4.78, 5) is 10.6. The lowest BCUT2D eigenvalue weighted by atomic mass is 9.97. The van der Waals surface area contributed by atoms with Gasteiger partial charge < -0.3 is 10.8 Å². The largest absolute Gasteiger partial charge is 0.478 e. The fraction of sp³-hybridized carbons (Fsp3) is 0.438.